The van der Waals surface area contributed by atoms with Crippen LogP contribution in [0.15, 0.2) is 30.7 Å². The van der Waals surface area contributed by atoms with Gasteiger partial charge in [0.2, 0.25) is 0 Å². The summed E-state index contributed by atoms with van der Waals surface area (Å²) in [6.45, 7) is 5.89. The average molecular weight is 440 g/mol. The maximum atomic E-state index is 13.2. The molecule has 3 aliphatic heterocycles. The van der Waals surface area contributed by atoms with E-state index in [2.05, 4.69) is 9.97 Å². The Hall–Kier alpha value is -2.78. The van der Waals surface area contributed by atoms with E-state index in [4.69, 9.17) is 9.47 Å². The highest BCUT2D eigenvalue weighted by Gasteiger charge is 2.48. The lowest BCUT2D eigenvalue weighted by Gasteiger charge is -2.46. The lowest BCUT2D eigenvalue weighted by molar-refractivity contribution is -0.182. The zero-order chi connectivity index (χ0) is 22.1. The van der Waals surface area contributed by atoms with Gasteiger partial charge in [-0.1, -0.05) is 6.92 Å². The Morgan fingerprint density at radius 2 is 1.88 bits per heavy atom. The molecule has 32 heavy (non-hydrogen) atoms. The van der Waals surface area contributed by atoms with Gasteiger partial charge in [0.25, 0.3) is 11.8 Å². The third-order valence-electron chi connectivity index (χ3n) is 6.74. The first-order chi connectivity index (χ1) is 15.6. The second kappa shape index (κ2) is 8.63. The molecule has 2 amide bonds. The van der Waals surface area contributed by atoms with Crippen molar-refractivity contribution in [1.82, 2.24) is 24.3 Å². The molecule has 170 valence electrons. The first-order valence-corrected chi connectivity index (χ1v) is 11.4. The normalized spacial score (nSPS) is 22.6. The van der Waals surface area contributed by atoms with E-state index in [1.165, 1.54) is 0 Å². The molecular formula is C23H29N5O4. The highest BCUT2D eigenvalue weighted by atomic mass is 16.5. The van der Waals surface area contributed by atoms with E-state index >= 15 is 0 Å². The number of rotatable bonds is 3. The van der Waals surface area contributed by atoms with Crippen LogP contribution in [0.5, 0.6) is 0 Å². The maximum Gasteiger partial charge on any atom is 0.255 e. The number of carbonyl (C=O) groups excluding carboxylic acids is 2. The SMILES string of the molecule is CCc1ccc(C(=O)N2CCC3(CC2)OC(C(=O)N2CCOCC2)Cn2ccnc23)cn1. The summed E-state index contributed by atoms with van der Waals surface area (Å²) >= 11 is 0. The van der Waals surface area contributed by atoms with E-state index in [1.807, 2.05) is 39.6 Å². The van der Waals surface area contributed by atoms with Crippen molar-refractivity contribution in [3.63, 3.8) is 0 Å². The minimum atomic E-state index is -0.657. The van der Waals surface area contributed by atoms with Gasteiger partial charge in [-0.15, -0.1) is 0 Å². The summed E-state index contributed by atoms with van der Waals surface area (Å²) < 4.78 is 13.9. The van der Waals surface area contributed by atoms with E-state index < -0.39 is 11.7 Å². The molecule has 5 rings (SSSR count). The summed E-state index contributed by atoms with van der Waals surface area (Å²) in [5, 5.41) is 0. The van der Waals surface area contributed by atoms with Crippen molar-refractivity contribution in [1.29, 1.82) is 0 Å². The number of fused-ring (bicyclic) bond motifs is 2. The molecule has 9 nitrogen and oxygen atoms in total. The highest BCUT2D eigenvalue weighted by Crippen LogP contribution is 2.40. The Kier molecular flexibility index (Phi) is 5.69. The molecule has 0 bridgehead atoms. The Morgan fingerprint density at radius 1 is 1.09 bits per heavy atom. The van der Waals surface area contributed by atoms with Crippen molar-refractivity contribution in [3.05, 3.63) is 47.8 Å². The molecule has 1 unspecified atom stereocenters. The van der Waals surface area contributed by atoms with Gasteiger partial charge in [-0.05, 0) is 18.6 Å². The zero-order valence-corrected chi connectivity index (χ0v) is 18.4. The first kappa shape index (κ1) is 21.1. The third-order valence-corrected chi connectivity index (χ3v) is 6.74. The van der Waals surface area contributed by atoms with Gasteiger partial charge in [0, 0.05) is 63.3 Å². The van der Waals surface area contributed by atoms with Crippen LogP contribution in [0.3, 0.4) is 0 Å². The maximum absolute atomic E-state index is 13.2. The van der Waals surface area contributed by atoms with Crippen LogP contribution in [0.4, 0.5) is 0 Å². The van der Waals surface area contributed by atoms with Crippen molar-refractivity contribution in [2.24, 2.45) is 0 Å². The molecule has 1 spiro atoms. The molecule has 2 aromatic rings. The molecule has 3 aliphatic rings. The largest absolute Gasteiger partial charge is 0.378 e. The summed E-state index contributed by atoms with van der Waals surface area (Å²) in [6.07, 6.45) is 6.83. The van der Waals surface area contributed by atoms with E-state index in [0.717, 1.165) is 17.9 Å². The number of aryl methyl sites for hydroxylation is 1. The van der Waals surface area contributed by atoms with Gasteiger partial charge in [0.15, 0.2) is 6.10 Å². The molecule has 0 aromatic carbocycles. The zero-order valence-electron chi connectivity index (χ0n) is 18.4. The molecule has 0 N–H and O–H groups in total. The lowest BCUT2D eigenvalue weighted by atomic mass is 9.88. The summed E-state index contributed by atoms with van der Waals surface area (Å²) in [4.78, 5) is 38.8. The minimum absolute atomic E-state index is 0.00705. The van der Waals surface area contributed by atoms with Crippen molar-refractivity contribution in [3.8, 4) is 0 Å². The van der Waals surface area contributed by atoms with E-state index in [0.29, 0.717) is 64.3 Å². The van der Waals surface area contributed by atoms with Crippen LogP contribution < -0.4 is 0 Å². The Balaban J connectivity index is 1.31. The predicted molar refractivity (Wildman–Crippen MR) is 115 cm³/mol. The van der Waals surface area contributed by atoms with Crippen LogP contribution in [-0.2, 0) is 32.8 Å². The highest BCUT2D eigenvalue weighted by molar-refractivity contribution is 5.94. The smallest absolute Gasteiger partial charge is 0.255 e. The number of hydrogen-bond acceptors (Lipinski definition) is 6. The van der Waals surface area contributed by atoms with E-state index in [9.17, 15) is 9.59 Å². The van der Waals surface area contributed by atoms with Crippen LogP contribution >= 0.6 is 0 Å². The van der Waals surface area contributed by atoms with E-state index in [-0.39, 0.29) is 11.8 Å². The number of nitrogens with zero attached hydrogens (tertiary/aromatic N) is 5. The van der Waals surface area contributed by atoms with Gasteiger partial charge in [-0.3, -0.25) is 14.6 Å². The second-order valence-corrected chi connectivity index (χ2v) is 8.63. The molecule has 0 aliphatic carbocycles. The molecule has 2 aromatic heterocycles. The quantitative estimate of drug-likeness (QED) is 0.715. The summed E-state index contributed by atoms with van der Waals surface area (Å²) in [5.41, 5.74) is 0.914. The molecule has 1 atom stereocenters. The second-order valence-electron chi connectivity index (χ2n) is 8.63. The van der Waals surface area contributed by atoms with Gasteiger partial charge >= 0.3 is 0 Å². The van der Waals surface area contributed by atoms with Crippen LogP contribution in [0.25, 0.3) is 0 Å². The molecule has 9 heteroatoms. The number of piperidine rings is 1. The number of carbonyl (C=O) groups is 2. The summed E-state index contributed by atoms with van der Waals surface area (Å²) in [7, 11) is 0. The fourth-order valence-electron chi connectivity index (χ4n) is 4.87. The molecule has 5 heterocycles. The van der Waals surface area contributed by atoms with Crippen molar-refractivity contribution in [2.45, 2.75) is 44.4 Å². The number of likely N-dealkylation sites (tertiary alicyclic amines) is 1. The standard InChI is InChI=1S/C23H29N5O4/c1-2-18-4-3-17(15-25-18)20(29)26-8-5-23(6-9-26)22-24-7-10-28(22)16-19(32-23)21(30)27-11-13-31-14-12-27/h3-4,7,10,15,19H,2,5-6,8-9,11-14,16H2,1H3. The number of hydrogen-bond donors (Lipinski definition) is 0. The van der Waals surface area contributed by atoms with Gasteiger partial charge in [-0.2, -0.15) is 0 Å². The number of amides is 2. The number of aromatic nitrogens is 3. The molecule has 2 fully saturated rings. The number of morpholine rings is 1. The first-order valence-electron chi connectivity index (χ1n) is 11.4. The minimum Gasteiger partial charge on any atom is -0.378 e. The predicted octanol–water partition coefficient (Wildman–Crippen LogP) is 1.23. The molecule has 0 radical (unpaired) electrons. The van der Waals surface area contributed by atoms with Crippen LogP contribution in [0.2, 0.25) is 0 Å². The summed E-state index contributed by atoms with van der Waals surface area (Å²) in [6, 6.07) is 3.75. The van der Waals surface area contributed by atoms with Crippen molar-refractivity contribution in [2.75, 3.05) is 39.4 Å². The summed E-state index contributed by atoms with van der Waals surface area (Å²) in [5.74, 6) is 0.840. The number of ether oxygens (including phenoxy) is 2. The number of imidazole rings is 1. The number of pyridine rings is 1. The van der Waals surface area contributed by atoms with Gasteiger partial charge in [-0.25, -0.2) is 4.98 Å². The Labute approximate surface area is 187 Å². The average Bonchev–Trinajstić information content (AvgIpc) is 3.34. The van der Waals surface area contributed by atoms with Gasteiger partial charge in [0.05, 0.1) is 25.3 Å². The fourth-order valence-corrected chi connectivity index (χ4v) is 4.87. The van der Waals surface area contributed by atoms with Crippen LogP contribution in [0, 0.1) is 0 Å². The van der Waals surface area contributed by atoms with Crippen LogP contribution in [-0.4, -0.2) is 81.6 Å². The van der Waals surface area contributed by atoms with Crippen LogP contribution in [0.1, 0.15) is 41.6 Å². The Bertz CT molecular complexity index is 975. The van der Waals surface area contributed by atoms with Crippen molar-refractivity contribution < 1.29 is 19.1 Å². The van der Waals surface area contributed by atoms with E-state index in [1.54, 1.807) is 12.4 Å². The molecule has 2 saturated heterocycles. The Morgan fingerprint density at radius 3 is 2.56 bits per heavy atom. The van der Waals surface area contributed by atoms with Crippen molar-refractivity contribution >= 4 is 11.8 Å². The molecular weight excluding hydrogens is 410 g/mol. The topological polar surface area (TPSA) is 89.8 Å². The monoisotopic (exact) mass is 439 g/mol. The lowest BCUT2D eigenvalue weighted by Crippen LogP contribution is -2.56. The molecule has 0 saturated carbocycles. The fraction of sp³-hybridized carbons (Fsp3) is 0.565. The van der Waals surface area contributed by atoms with Gasteiger partial charge < -0.3 is 23.8 Å². The third kappa shape index (κ3) is 3.80. The van der Waals surface area contributed by atoms with Gasteiger partial charge in [0.1, 0.15) is 11.4 Å².